The van der Waals surface area contributed by atoms with E-state index in [4.69, 9.17) is 11.6 Å². The number of aromatic hydroxyl groups is 1. The number of unbranched alkanes of at least 4 members (excludes halogenated alkanes) is 1. The second kappa shape index (κ2) is 8.12. The van der Waals surface area contributed by atoms with Crippen LogP contribution in [0.2, 0.25) is 5.02 Å². The normalized spacial score (nSPS) is 22.8. The van der Waals surface area contributed by atoms with E-state index in [9.17, 15) is 9.66 Å². The molecular weight excluding hydrogens is 366 g/mol. The molecule has 0 aromatic heterocycles. The van der Waals surface area contributed by atoms with Gasteiger partial charge in [0.2, 0.25) is 0 Å². The summed E-state index contributed by atoms with van der Waals surface area (Å²) in [6, 6.07) is 13.5. The Bertz CT molecular complexity index is 755. The minimum absolute atomic E-state index is 0.00987. The van der Waals surface area contributed by atoms with Gasteiger partial charge in [0.05, 0.1) is 10.7 Å². The van der Waals surface area contributed by atoms with Crippen LogP contribution in [-0.2, 0) is 11.2 Å². The topological polar surface area (TPSA) is 46.5 Å². The molecule has 0 saturated heterocycles. The second-order valence-electron chi connectivity index (χ2n) is 7.14. The maximum Gasteiger partial charge on any atom is 0.180 e. The van der Waals surface area contributed by atoms with E-state index >= 15 is 0 Å². The van der Waals surface area contributed by atoms with Crippen molar-refractivity contribution in [2.24, 2.45) is 5.41 Å². The molecule has 0 spiro atoms. The highest BCUT2D eigenvalue weighted by Gasteiger charge is 2.41. The third-order valence-electron chi connectivity index (χ3n) is 5.37. The molecule has 0 radical (unpaired) electrons. The van der Waals surface area contributed by atoms with E-state index in [0.29, 0.717) is 15.7 Å². The molecule has 3 nitrogen and oxygen atoms in total. The van der Waals surface area contributed by atoms with Gasteiger partial charge in [0, 0.05) is 23.7 Å². The highest BCUT2D eigenvalue weighted by atomic mass is 35.5. The van der Waals surface area contributed by atoms with Crippen molar-refractivity contribution in [3.05, 3.63) is 47.5 Å². The summed E-state index contributed by atoms with van der Waals surface area (Å²) in [5.74, 6) is 0.602. The first-order valence-corrected chi connectivity index (χ1v) is 10.9. The number of halogens is 1. The summed E-state index contributed by atoms with van der Waals surface area (Å²) in [6.45, 7) is 5.18. The van der Waals surface area contributed by atoms with E-state index < -0.39 is 11.2 Å². The minimum Gasteiger partial charge on any atom is -0.611 e. The predicted molar refractivity (Wildman–Crippen MR) is 110 cm³/mol. The lowest BCUT2D eigenvalue weighted by molar-refractivity contribution is 0.290. The molecule has 26 heavy (non-hydrogen) atoms. The lowest BCUT2D eigenvalue weighted by Gasteiger charge is -2.35. The van der Waals surface area contributed by atoms with E-state index in [2.05, 4.69) is 30.9 Å². The smallest absolute Gasteiger partial charge is 0.180 e. The number of phenols is 1. The summed E-state index contributed by atoms with van der Waals surface area (Å²) in [5.41, 5.74) is 1.87. The van der Waals surface area contributed by atoms with Crippen molar-refractivity contribution < 1.29 is 9.66 Å². The molecule has 3 rings (SSSR count). The van der Waals surface area contributed by atoms with Gasteiger partial charge >= 0.3 is 0 Å². The van der Waals surface area contributed by atoms with E-state index in [1.54, 1.807) is 12.1 Å². The van der Waals surface area contributed by atoms with Gasteiger partial charge < -0.3 is 14.6 Å². The number of rotatable bonds is 5. The zero-order valence-corrected chi connectivity index (χ0v) is 16.9. The number of hydrogen-bond donors (Lipinski definition) is 1. The van der Waals surface area contributed by atoms with E-state index in [0.717, 1.165) is 43.6 Å². The van der Waals surface area contributed by atoms with Gasteiger partial charge in [0.25, 0.3) is 0 Å². The first-order valence-electron chi connectivity index (χ1n) is 9.23. The Labute approximate surface area is 164 Å². The summed E-state index contributed by atoms with van der Waals surface area (Å²) in [7, 11) is 0. The van der Waals surface area contributed by atoms with E-state index in [-0.39, 0.29) is 11.2 Å². The van der Waals surface area contributed by atoms with Gasteiger partial charge in [0.1, 0.15) is 11.5 Å². The summed E-state index contributed by atoms with van der Waals surface area (Å²) in [6.07, 6.45) is 4.26. The van der Waals surface area contributed by atoms with Crippen molar-refractivity contribution in [1.82, 2.24) is 0 Å². The number of benzene rings is 2. The lowest BCUT2D eigenvalue weighted by Crippen LogP contribution is -2.37. The molecule has 0 aliphatic carbocycles. The SMILES string of the molecule is CCCCC1(CC)CN(c2ccccc2)c2cc(Cl)c(O)cc2[S+]([O-])C1. The Morgan fingerprint density at radius 3 is 2.62 bits per heavy atom. The molecule has 2 aromatic rings. The maximum absolute atomic E-state index is 13.2. The van der Waals surface area contributed by atoms with Crippen LogP contribution in [0.15, 0.2) is 47.4 Å². The van der Waals surface area contributed by atoms with Crippen molar-refractivity contribution in [1.29, 1.82) is 0 Å². The number of nitrogens with zero attached hydrogens (tertiary/aromatic N) is 1. The summed E-state index contributed by atoms with van der Waals surface area (Å²) in [4.78, 5) is 2.90. The molecule has 5 heteroatoms. The zero-order valence-electron chi connectivity index (χ0n) is 15.4. The fourth-order valence-electron chi connectivity index (χ4n) is 3.68. The Kier molecular flexibility index (Phi) is 6.06. The summed E-state index contributed by atoms with van der Waals surface area (Å²) < 4.78 is 13.2. The standard InChI is InChI=1S/C21H26ClNO2S/c1-3-5-11-21(4-2)14-23(16-9-7-6-8-10-16)18-12-17(22)19(24)13-20(18)26(25)15-21/h6-10,12-13,24H,3-5,11,14-15H2,1-2H3. The van der Waals surface area contributed by atoms with Crippen molar-refractivity contribution in [2.75, 3.05) is 17.2 Å². The Morgan fingerprint density at radius 2 is 1.96 bits per heavy atom. The van der Waals surface area contributed by atoms with Gasteiger partial charge in [-0.3, -0.25) is 0 Å². The fraction of sp³-hybridized carbons (Fsp3) is 0.429. The van der Waals surface area contributed by atoms with Crippen LogP contribution in [0.25, 0.3) is 0 Å². The number of para-hydroxylation sites is 1. The highest BCUT2D eigenvalue weighted by molar-refractivity contribution is 7.91. The van der Waals surface area contributed by atoms with Gasteiger partial charge in [-0.05, 0) is 42.2 Å². The zero-order chi connectivity index (χ0) is 18.7. The molecular formula is C21H26ClNO2S. The van der Waals surface area contributed by atoms with Crippen LogP contribution in [-0.4, -0.2) is 22.0 Å². The molecule has 0 bridgehead atoms. The molecule has 1 N–H and O–H groups in total. The third kappa shape index (κ3) is 3.83. The molecule has 0 amide bonds. The predicted octanol–water partition coefficient (Wildman–Crippen LogP) is 5.89. The Hall–Kier alpha value is -1.36. The van der Waals surface area contributed by atoms with Crippen LogP contribution < -0.4 is 4.90 Å². The number of fused-ring (bicyclic) bond motifs is 1. The van der Waals surface area contributed by atoms with E-state index in [1.165, 1.54) is 0 Å². The molecule has 140 valence electrons. The van der Waals surface area contributed by atoms with Gasteiger partial charge in [-0.2, -0.15) is 0 Å². The first kappa shape index (κ1) is 19.4. The molecule has 0 fully saturated rings. The van der Waals surface area contributed by atoms with Crippen molar-refractivity contribution in [3.8, 4) is 5.75 Å². The van der Waals surface area contributed by atoms with Gasteiger partial charge in [-0.25, -0.2) is 0 Å². The van der Waals surface area contributed by atoms with Gasteiger partial charge in [-0.15, -0.1) is 0 Å². The quantitative estimate of drug-likeness (QED) is 0.646. The maximum atomic E-state index is 13.2. The number of anilines is 2. The van der Waals surface area contributed by atoms with Crippen LogP contribution in [0.3, 0.4) is 0 Å². The largest absolute Gasteiger partial charge is 0.611 e. The first-order chi connectivity index (χ1) is 12.5. The minimum atomic E-state index is -1.18. The fourth-order valence-corrected chi connectivity index (χ4v) is 5.63. The summed E-state index contributed by atoms with van der Waals surface area (Å²) in [5, 5.41) is 10.4. The van der Waals surface area contributed by atoms with Crippen molar-refractivity contribution >= 4 is 34.2 Å². The van der Waals surface area contributed by atoms with Gasteiger partial charge in [-0.1, -0.05) is 56.5 Å². The van der Waals surface area contributed by atoms with Crippen molar-refractivity contribution in [2.45, 2.75) is 44.4 Å². The molecule has 2 unspecified atom stereocenters. The van der Waals surface area contributed by atoms with Crippen LogP contribution in [0.1, 0.15) is 39.5 Å². The van der Waals surface area contributed by atoms with Crippen molar-refractivity contribution in [3.63, 3.8) is 0 Å². The van der Waals surface area contributed by atoms with Crippen LogP contribution in [0.4, 0.5) is 11.4 Å². The van der Waals surface area contributed by atoms with Crippen LogP contribution in [0, 0.1) is 5.41 Å². The molecule has 1 aliphatic rings. The second-order valence-corrected chi connectivity index (χ2v) is 8.97. The van der Waals surface area contributed by atoms with Crippen LogP contribution >= 0.6 is 11.6 Å². The van der Waals surface area contributed by atoms with Crippen LogP contribution in [0.5, 0.6) is 5.75 Å². The summed E-state index contributed by atoms with van der Waals surface area (Å²) >= 11 is 5.03. The van der Waals surface area contributed by atoms with Gasteiger partial charge in [0.15, 0.2) is 4.90 Å². The highest BCUT2D eigenvalue weighted by Crippen LogP contribution is 2.46. The molecule has 0 saturated carbocycles. The number of hydrogen-bond acceptors (Lipinski definition) is 3. The monoisotopic (exact) mass is 391 g/mol. The third-order valence-corrected chi connectivity index (χ3v) is 7.37. The molecule has 1 aliphatic heterocycles. The average molecular weight is 392 g/mol. The Morgan fingerprint density at radius 1 is 1.23 bits per heavy atom. The molecule has 1 heterocycles. The molecule has 2 aromatic carbocycles. The van der Waals surface area contributed by atoms with E-state index in [1.807, 2.05) is 18.2 Å². The lowest BCUT2D eigenvalue weighted by atomic mass is 9.81. The number of phenolic OH excluding ortho intramolecular Hbond substituents is 1. The Balaban J connectivity index is 2.14. The average Bonchev–Trinajstić information content (AvgIpc) is 2.77. The molecule has 2 atom stereocenters.